The third kappa shape index (κ3) is 4.38. The molecule has 0 N–H and O–H groups in total. The van der Waals surface area contributed by atoms with Crippen molar-refractivity contribution in [1.82, 2.24) is 0 Å². The van der Waals surface area contributed by atoms with Crippen LogP contribution >= 0.6 is 11.6 Å². The molecule has 1 aromatic carbocycles. The minimum atomic E-state index is -1.25. The lowest BCUT2D eigenvalue weighted by Crippen LogP contribution is -2.24. The third-order valence-corrected chi connectivity index (χ3v) is 5.28. The summed E-state index contributed by atoms with van der Waals surface area (Å²) in [5, 5.41) is 1.39. The molecule has 0 fully saturated rings. The van der Waals surface area contributed by atoms with E-state index in [9.17, 15) is 0 Å². The van der Waals surface area contributed by atoms with Gasteiger partial charge in [-0.15, -0.1) is 11.6 Å². The van der Waals surface area contributed by atoms with Gasteiger partial charge in [0.05, 0.1) is 8.07 Å². The van der Waals surface area contributed by atoms with Crippen LogP contribution in [0.15, 0.2) is 47.7 Å². The molecule has 0 unspecified atom stereocenters. The summed E-state index contributed by atoms with van der Waals surface area (Å²) in [5.74, 6) is 0.648. The lowest BCUT2D eigenvalue weighted by Gasteiger charge is -2.17. The predicted octanol–water partition coefficient (Wildman–Crippen LogP) is 4.74. The molecule has 86 valence electrons. The summed E-state index contributed by atoms with van der Waals surface area (Å²) in [5.41, 5.74) is 1.23. The van der Waals surface area contributed by atoms with Crippen molar-refractivity contribution < 1.29 is 0 Å². The van der Waals surface area contributed by atoms with Gasteiger partial charge in [-0.05, 0) is 5.56 Å². The molecule has 0 aliphatic rings. The monoisotopic (exact) mass is 250 g/mol. The first kappa shape index (κ1) is 13.3. The van der Waals surface area contributed by atoms with Crippen LogP contribution in [0.25, 0.3) is 6.08 Å². The molecule has 16 heavy (non-hydrogen) atoms. The van der Waals surface area contributed by atoms with E-state index < -0.39 is 8.07 Å². The van der Waals surface area contributed by atoms with Gasteiger partial charge in [0.15, 0.2) is 0 Å². The second-order valence-electron chi connectivity index (χ2n) is 4.85. The van der Waals surface area contributed by atoms with Crippen molar-refractivity contribution >= 4 is 25.8 Å². The Hall–Kier alpha value is -0.793. The van der Waals surface area contributed by atoms with E-state index in [0.717, 1.165) is 0 Å². The summed E-state index contributed by atoms with van der Waals surface area (Å²) in [6.45, 7) is 6.95. The number of allylic oxidation sites excluding steroid dienone is 3. The summed E-state index contributed by atoms with van der Waals surface area (Å²) < 4.78 is 0. The van der Waals surface area contributed by atoms with E-state index in [1.807, 2.05) is 18.2 Å². The average Bonchev–Trinajstić information content (AvgIpc) is 2.24. The lowest BCUT2D eigenvalue weighted by atomic mass is 10.2. The van der Waals surface area contributed by atoms with Crippen molar-refractivity contribution in [2.24, 2.45) is 0 Å². The molecule has 0 spiro atoms. The number of alkyl halides is 1. The van der Waals surface area contributed by atoms with Crippen molar-refractivity contribution in [3.05, 3.63) is 53.2 Å². The van der Waals surface area contributed by atoms with Crippen LogP contribution in [0.1, 0.15) is 5.56 Å². The molecule has 0 aliphatic heterocycles. The second kappa shape index (κ2) is 6.07. The third-order valence-electron chi connectivity index (χ3n) is 2.49. The molecule has 0 nitrogen and oxygen atoms in total. The fourth-order valence-corrected chi connectivity index (χ4v) is 3.62. The Bertz CT molecular complexity index is 371. The average molecular weight is 251 g/mol. The van der Waals surface area contributed by atoms with Gasteiger partial charge in [-0.1, -0.05) is 73.4 Å². The molecular formula is C14H19ClSi. The maximum absolute atomic E-state index is 5.97. The Labute approximate surface area is 105 Å². The highest BCUT2D eigenvalue weighted by Crippen LogP contribution is 2.16. The minimum Gasteiger partial charge on any atom is -0.122 e. The van der Waals surface area contributed by atoms with E-state index in [4.69, 9.17) is 11.6 Å². The molecule has 2 heteroatoms. The molecule has 0 heterocycles. The molecule has 0 saturated heterocycles. The first-order valence-corrected chi connectivity index (χ1v) is 9.56. The van der Waals surface area contributed by atoms with E-state index in [1.54, 1.807) is 0 Å². The van der Waals surface area contributed by atoms with Crippen LogP contribution in [-0.2, 0) is 0 Å². The summed E-state index contributed by atoms with van der Waals surface area (Å²) in [4.78, 5) is 0. The molecule has 1 rings (SSSR count). The fraction of sp³-hybridized carbons (Fsp3) is 0.286. The van der Waals surface area contributed by atoms with Crippen molar-refractivity contribution in [2.75, 3.05) is 5.88 Å². The maximum atomic E-state index is 5.97. The number of hydrogen-bond acceptors (Lipinski definition) is 0. The fourth-order valence-electron chi connectivity index (χ4n) is 1.33. The number of benzene rings is 1. The standard InChI is InChI=1S/C14H19ClSi/c1-16(2,3)14(12-15)11-7-10-13-8-5-4-6-9-13/h4-11H,12H2,1-3H3/b10-7+,14-11-. The van der Waals surface area contributed by atoms with Gasteiger partial charge >= 0.3 is 0 Å². The van der Waals surface area contributed by atoms with Gasteiger partial charge in [-0.2, -0.15) is 0 Å². The van der Waals surface area contributed by atoms with Crippen molar-refractivity contribution in [3.63, 3.8) is 0 Å². The van der Waals surface area contributed by atoms with Gasteiger partial charge in [0, 0.05) is 5.88 Å². The first-order valence-electron chi connectivity index (χ1n) is 5.53. The number of rotatable bonds is 4. The second-order valence-corrected chi connectivity index (χ2v) is 10.3. The zero-order chi connectivity index (χ0) is 12.0. The summed E-state index contributed by atoms with van der Waals surface area (Å²) in [6, 6.07) is 10.3. The van der Waals surface area contributed by atoms with Crippen LogP contribution in [0.3, 0.4) is 0 Å². The number of hydrogen-bond donors (Lipinski definition) is 0. The molecule has 0 saturated carbocycles. The smallest absolute Gasteiger partial charge is 0.0739 e. The van der Waals surface area contributed by atoms with Crippen LogP contribution in [0.5, 0.6) is 0 Å². The summed E-state index contributed by atoms with van der Waals surface area (Å²) in [6.07, 6.45) is 6.39. The van der Waals surface area contributed by atoms with Gasteiger partial charge in [-0.3, -0.25) is 0 Å². The summed E-state index contributed by atoms with van der Waals surface area (Å²) in [7, 11) is -1.25. The highest BCUT2D eigenvalue weighted by Gasteiger charge is 2.17. The zero-order valence-electron chi connectivity index (χ0n) is 10.2. The Morgan fingerprint density at radius 1 is 1.19 bits per heavy atom. The van der Waals surface area contributed by atoms with E-state index in [-0.39, 0.29) is 0 Å². The Balaban J connectivity index is 2.75. The quantitative estimate of drug-likeness (QED) is 0.411. The van der Waals surface area contributed by atoms with E-state index >= 15 is 0 Å². The van der Waals surface area contributed by atoms with Crippen molar-refractivity contribution in [1.29, 1.82) is 0 Å². The maximum Gasteiger partial charge on any atom is 0.0739 e. The van der Waals surface area contributed by atoms with Gasteiger partial charge < -0.3 is 0 Å². The van der Waals surface area contributed by atoms with Crippen LogP contribution in [-0.4, -0.2) is 14.0 Å². The van der Waals surface area contributed by atoms with Crippen LogP contribution in [0.2, 0.25) is 19.6 Å². The topological polar surface area (TPSA) is 0 Å². The lowest BCUT2D eigenvalue weighted by molar-refractivity contribution is 1.53. The normalized spacial score (nSPS) is 13.4. The van der Waals surface area contributed by atoms with Gasteiger partial charge in [0.1, 0.15) is 0 Å². The van der Waals surface area contributed by atoms with Crippen molar-refractivity contribution in [2.45, 2.75) is 19.6 Å². The van der Waals surface area contributed by atoms with E-state index in [1.165, 1.54) is 10.8 Å². The van der Waals surface area contributed by atoms with Gasteiger partial charge in [0.2, 0.25) is 0 Å². The molecule has 0 atom stereocenters. The van der Waals surface area contributed by atoms with E-state index in [0.29, 0.717) is 5.88 Å². The van der Waals surface area contributed by atoms with Crippen molar-refractivity contribution in [3.8, 4) is 0 Å². The Morgan fingerprint density at radius 2 is 1.81 bits per heavy atom. The summed E-state index contributed by atoms with van der Waals surface area (Å²) >= 11 is 5.97. The van der Waals surface area contributed by atoms with E-state index in [2.05, 4.69) is 50.0 Å². The van der Waals surface area contributed by atoms with Gasteiger partial charge in [0.25, 0.3) is 0 Å². The molecular weight excluding hydrogens is 232 g/mol. The Kier molecular flexibility index (Phi) is 5.03. The minimum absolute atomic E-state index is 0.648. The molecule has 1 aromatic rings. The van der Waals surface area contributed by atoms with Gasteiger partial charge in [-0.25, -0.2) is 0 Å². The predicted molar refractivity (Wildman–Crippen MR) is 77.6 cm³/mol. The SMILES string of the molecule is C[Si](C)(C)/C(=C\C=C\c1ccccc1)CCl. The molecule has 0 radical (unpaired) electrons. The first-order chi connectivity index (χ1) is 7.54. The van der Waals surface area contributed by atoms with Crippen LogP contribution < -0.4 is 0 Å². The molecule has 0 aliphatic carbocycles. The molecule has 0 amide bonds. The highest BCUT2D eigenvalue weighted by molar-refractivity contribution is 6.83. The van der Waals surface area contributed by atoms with Crippen LogP contribution in [0.4, 0.5) is 0 Å². The van der Waals surface area contributed by atoms with Crippen LogP contribution in [0, 0.1) is 0 Å². The molecule has 0 aromatic heterocycles. The number of halogens is 1. The highest BCUT2D eigenvalue weighted by atomic mass is 35.5. The Morgan fingerprint density at radius 3 is 2.31 bits per heavy atom. The largest absolute Gasteiger partial charge is 0.122 e. The molecule has 0 bridgehead atoms. The zero-order valence-corrected chi connectivity index (χ0v) is 12.0.